The maximum absolute atomic E-state index is 12.2. The van der Waals surface area contributed by atoms with Crippen LogP contribution in [0.3, 0.4) is 0 Å². The van der Waals surface area contributed by atoms with Crippen LogP contribution in [0.5, 0.6) is 17.2 Å². The van der Waals surface area contributed by atoms with Gasteiger partial charge in [0.25, 0.3) is 0 Å². The number of rotatable bonds is 7. The zero-order valence-corrected chi connectivity index (χ0v) is 18.1. The van der Waals surface area contributed by atoms with E-state index in [0.717, 1.165) is 22.3 Å². The van der Waals surface area contributed by atoms with Crippen molar-refractivity contribution in [1.82, 2.24) is 5.32 Å². The third-order valence-corrected chi connectivity index (χ3v) is 4.88. The summed E-state index contributed by atoms with van der Waals surface area (Å²) in [7, 11) is 4.94. The summed E-state index contributed by atoms with van der Waals surface area (Å²) in [5.41, 5.74) is 3.53. The van der Waals surface area contributed by atoms with E-state index in [-0.39, 0.29) is 12.5 Å². The molecule has 1 aliphatic rings. The van der Waals surface area contributed by atoms with Crippen molar-refractivity contribution in [2.45, 2.75) is 19.4 Å². The van der Waals surface area contributed by atoms with Crippen LogP contribution in [0, 0.1) is 0 Å². The second-order valence-corrected chi connectivity index (χ2v) is 7.57. The van der Waals surface area contributed by atoms with Crippen molar-refractivity contribution in [3.8, 4) is 17.2 Å². The second kappa shape index (κ2) is 8.63. The van der Waals surface area contributed by atoms with Crippen LogP contribution in [0.1, 0.15) is 30.5 Å². The Morgan fingerprint density at radius 2 is 1.87 bits per heavy atom. The number of carbonyl (C=O) groups is 1. The molecule has 158 valence electrons. The van der Waals surface area contributed by atoms with Crippen LogP contribution in [0.25, 0.3) is 11.6 Å². The summed E-state index contributed by atoms with van der Waals surface area (Å²) in [5.74, 6) is 1.84. The molecule has 2 aromatic rings. The zero-order valence-electron chi connectivity index (χ0n) is 18.1. The van der Waals surface area contributed by atoms with Gasteiger partial charge >= 0.3 is 0 Å². The molecule has 0 fully saturated rings. The number of anilines is 1. The molecule has 1 amide bonds. The first-order valence-corrected chi connectivity index (χ1v) is 9.71. The highest BCUT2D eigenvalue weighted by atomic mass is 16.5. The van der Waals surface area contributed by atoms with Crippen molar-refractivity contribution in [2.24, 2.45) is 0 Å². The summed E-state index contributed by atoms with van der Waals surface area (Å²) in [4.78, 5) is 12.2. The summed E-state index contributed by atoms with van der Waals surface area (Å²) in [5, 5.41) is 5.79. The average Bonchev–Trinajstić information content (AvgIpc) is 2.71. The fourth-order valence-corrected chi connectivity index (χ4v) is 3.37. The molecule has 0 radical (unpaired) electrons. The number of methoxy groups -OCH3 is 2. The third kappa shape index (κ3) is 4.33. The van der Waals surface area contributed by atoms with Gasteiger partial charge in [0, 0.05) is 17.2 Å². The molecule has 0 bridgehead atoms. The van der Waals surface area contributed by atoms with Crippen LogP contribution in [0.15, 0.2) is 43.0 Å². The molecule has 1 aliphatic heterocycles. The maximum Gasteiger partial charge on any atom is 0.238 e. The molecule has 2 aromatic carbocycles. The minimum Gasteiger partial charge on any atom is -0.497 e. The van der Waals surface area contributed by atoms with E-state index in [1.54, 1.807) is 27.3 Å². The average molecular weight is 408 g/mol. The number of hydrogen-bond donors (Lipinski definition) is 2. The van der Waals surface area contributed by atoms with E-state index in [0.29, 0.717) is 22.9 Å². The smallest absolute Gasteiger partial charge is 0.238 e. The summed E-state index contributed by atoms with van der Waals surface area (Å²) < 4.78 is 17.0. The molecule has 1 heterocycles. The van der Waals surface area contributed by atoms with E-state index in [9.17, 15) is 4.79 Å². The number of amides is 1. The Hall–Kier alpha value is -3.25. The Bertz CT molecular complexity index is 1010. The van der Waals surface area contributed by atoms with Crippen LogP contribution in [0.2, 0.25) is 0 Å². The maximum atomic E-state index is 12.2. The molecule has 0 saturated carbocycles. The number of likely N-dealkylation sites (N-methyl/N-ethyl adjacent to an activating group) is 1. The predicted molar refractivity (Wildman–Crippen MR) is 120 cm³/mol. The highest BCUT2D eigenvalue weighted by Crippen LogP contribution is 2.44. The highest BCUT2D eigenvalue weighted by Gasteiger charge is 2.27. The standard InChI is InChI=1S/C24H28N2O4/c1-15(18-8-7-16(28-5)13-20(18)26-22(27)14-25-4)17-9-10-21(29-6)23-19(17)11-12-24(2,3)30-23/h7-13,25H,1,14H2,2-6H3,(H,26,27). The lowest BCUT2D eigenvalue weighted by atomic mass is 9.90. The van der Waals surface area contributed by atoms with Gasteiger partial charge in [-0.3, -0.25) is 4.79 Å². The van der Waals surface area contributed by atoms with Gasteiger partial charge in [0.15, 0.2) is 11.5 Å². The van der Waals surface area contributed by atoms with Crippen LogP contribution in [-0.4, -0.2) is 39.3 Å². The normalized spacial score (nSPS) is 13.8. The third-order valence-electron chi connectivity index (χ3n) is 4.88. The van der Waals surface area contributed by atoms with E-state index in [4.69, 9.17) is 14.2 Å². The van der Waals surface area contributed by atoms with Crippen molar-refractivity contribution < 1.29 is 19.0 Å². The highest BCUT2D eigenvalue weighted by molar-refractivity contribution is 5.98. The van der Waals surface area contributed by atoms with Crippen LogP contribution in [-0.2, 0) is 4.79 Å². The topological polar surface area (TPSA) is 68.8 Å². The molecule has 3 rings (SSSR count). The Morgan fingerprint density at radius 3 is 2.53 bits per heavy atom. The lowest BCUT2D eigenvalue weighted by molar-refractivity contribution is -0.115. The number of carbonyl (C=O) groups excluding carboxylic acids is 1. The number of benzene rings is 2. The van der Waals surface area contributed by atoms with Gasteiger partial charge in [-0.1, -0.05) is 12.7 Å². The lowest BCUT2D eigenvalue weighted by Gasteiger charge is -2.30. The van der Waals surface area contributed by atoms with Crippen molar-refractivity contribution in [3.63, 3.8) is 0 Å². The van der Waals surface area contributed by atoms with Crippen molar-refractivity contribution in [3.05, 3.63) is 59.7 Å². The Balaban J connectivity index is 2.08. The fraction of sp³-hybridized carbons (Fsp3) is 0.292. The molecule has 30 heavy (non-hydrogen) atoms. The number of nitrogens with one attached hydrogen (secondary N) is 2. The molecule has 6 nitrogen and oxygen atoms in total. The molecule has 0 atom stereocenters. The van der Waals surface area contributed by atoms with Crippen molar-refractivity contribution >= 4 is 23.2 Å². The van der Waals surface area contributed by atoms with Gasteiger partial charge in [0.2, 0.25) is 5.91 Å². The second-order valence-electron chi connectivity index (χ2n) is 7.57. The molecular weight excluding hydrogens is 380 g/mol. The summed E-state index contributed by atoms with van der Waals surface area (Å²) in [6.07, 6.45) is 4.04. The number of hydrogen-bond acceptors (Lipinski definition) is 5. The van der Waals surface area contributed by atoms with Crippen molar-refractivity contribution in [2.75, 3.05) is 33.1 Å². The molecule has 0 unspecified atom stereocenters. The Labute approximate surface area is 177 Å². The first-order chi connectivity index (χ1) is 14.3. The van der Waals surface area contributed by atoms with Gasteiger partial charge in [0.1, 0.15) is 11.4 Å². The van der Waals surface area contributed by atoms with Gasteiger partial charge < -0.3 is 24.8 Å². The monoisotopic (exact) mass is 408 g/mol. The first kappa shape index (κ1) is 21.5. The van der Waals surface area contributed by atoms with Gasteiger partial charge in [-0.15, -0.1) is 0 Å². The summed E-state index contributed by atoms with van der Waals surface area (Å²) >= 11 is 0. The largest absolute Gasteiger partial charge is 0.497 e. The molecule has 2 N–H and O–H groups in total. The molecule has 0 aromatic heterocycles. The molecule has 0 spiro atoms. The molecular formula is C24H28N2O4. The van der Waals surface area contributed by atoms with Crippen LogP contribution >= 0.6 is 0 Å². The zero-order chi connectivity index (χ0) is 21.9. The minimum atomic E-state index is -0.438. The quantitative estimate of drug-likeness (QED) is 0.722. The lowest BCUT2D eigenvalue weighted by Crippen LogP contribution is -2.28. The van der Waals surface area contributed by atoms with Crippen LogP contribution in [0.4, 0.5) is 5.69 Å². The predicted octanol–water partition coefficient (Wildman–Crippen LogP) is 4.11. The molecule has 6 heteroatoms. The van der Waals surface area contributed by atoms with Gasteiger partial charge in [-0.25, -0.2) is 0 Å². The van der Waals surface area contributed by atoms with Crippen molar-refractivity contribution in [1.29, 1.82) is 0 Å². The minimum absolute atomic E-state index is 0.151. The van der Waals surface area contributed by atoms with Crippen LogP contribution < -0.4 is 24.8 Å². The van der Waals surface area contributed by atoms with E-state index in [1.165, 1.54) is 0 Å². The van der Waals surface area contributed by atoms with E-state index in [2.05, 4.69) is 17.2 Å². The fourth-order valence-electron chi connectivity index (χ4n) is 3.37. The van der Waals surface area contributed by atoms with E-state index in [1.807, 2.05) is 50.3 Å². The van der Waals surface area contributed by atoms with Gasteiger partial charge in [0.05, 0.1) is 26.5 Å². The number of ether oxygens (including phenoxy) is 3. The van der Waals surface area contributed by atoms with Gasteiger partial charge in [-0.2, -0.15) is 0 Å². The summed E-state index contributed by atoms with van der Waals surface area (Å²) in [6.45, 7) is 8.51. The Kier molecular flexibility index (Phi) is 6.17. The van der Waals surface area contributed by atoms with E-state index >= 15 is 0 Å². The van der Waals surface area contributed by atoms with Gasteiger partial charge in [-0.05, 0) is 62.4 Å². The Morgan fingerprint density at radius 1 is 1.13 bits per heavy atom. The summed E-state index contributed by atoms with van der Waals surface area (Å²) in [6, 6.07) is 9.36. The first-order valence-electron chi connectivity index (χ1n) is 9.71. The molecule has 0 aliphatic carbocycles. The van der Waals surface area contributed by atoms with E-state index < -0.39 is 5.60 Å². The SMILES string of the molecule is C=C(c1ccc(OC)cc1NC(=O)CNC)c1ccc(OC)c2c1C=CC(C)(C)O2. The molecule has 0 saturated heterocycles. The number of fused-ring (bicyclic) bond motifs is 1.